The maximum absolute atomic E-state index is 2.12. The van der Waals surface area contributed by atoms with E-state index in [1.807, 2.05) is 0 Å². The molecule has 2 aliphatic heterocycles. The van der Waals surface area contributed by atoms with E-state index in [-0.39, 0.29) is 0 Å². The van der Waals surface area contributed by atoms with Crippen molar-refractivity contribution in [3.05, 3.63) is 0 Å². The molecule has 0 bridgehead atoms. The molecule has 2 rings (SSSR count). The first kappa shape index (κ1) is 13.1. The van der Waals surface area contributed by atoms with Crippen LogP contribution in [-0.4, -0.2) is 76.3 Å². The normalized spacial score (nSPS) is 23.5. The molecule has 0 nitrogen and oxygen atoms in total. The first-order valence-electron chi connectivity index (χ1n) is 3.73. The summed E-state index contributed by atoms with van der Waals surface area (Å²) in [5.41, 5.74) is 0. The second-order valence-corrected chi connectivity index (χ2v) is 11.3. The summed E-state index contributed by atoms with van der Waals surface area (Å²) < 4.78 is 0. The van der Waals surface area contributed by atoms with Gasteiger partial charge in [0.25, 0.3) is 0 Å². The molecule has 2 heterocycles. The SMILES string of the molecule is [SbH2][S]C1CSC1.[SnH][S]C1CSC1. The van der Waals surface area contributed by atoms with Crippen LogP contribution >= 0.6 is 41.3 Å². The third-order valence-electron chi connectivity index (χ3n) is 1.60. The van der Waals surface area contributed by atoms with Crippen molar-refractivity contribution in [3.8, 4) is 0 Å². The molecule has 0 aromatic heterocycles. The van der Waals surface area contributed by atoms with Gasteiger partial charge in [0, 0.05) is 0 Å². The number of hydrogen-bond acceptors (Lipinski definition) is 4. The molecule has 0 N–H and O–H groups in total. The Hall–Kier alpha value is 3.02. The van der Waals surface area contributed by atoms with Crippen molar-refractivity contribution >= 4 is 84.1 Å². The van der Waals surface area contributed by atoms with Gasteiger partial charge in [0.15, 0.2) is 0 Å². The molecule has 12 heavy (non-hydrogen) atoms. The zero-order valence-corrected chi connectivity index (χ0v) is 16.6. The number of rotatable bonds is 2. The first-order valence-corrected chi connectivity index (χ1v) is 16.0. The zero-order valence-electron chi connectivity index (χ0n) is 6.77. The van der Waals surface area contributed by atoms with E-state index in [1.165, 1.54) is 65.8 Å². The van der Waals surface area contributed by atoms with E-state index in [0.29, 0.717) is 0 Å². The van der Waals surface area contributed by atoms with Gasteiger partial charge in [-0.3, -0.25) is 0 Å². The Kier molecular flexibility index (Phi) is 8.94. The van der Waals surface area contributed by atoms with Crippen LogP contribution < -0.4 is 0 Å². The third-order valence-corrected chi connectivity index (χ3v) is 13.0. The van der Waals surface area contributed by atoms with Gasteiger partial charge in [0.2, 0.25) is 0 Å². The molecule has 2 saturated heterocycles. The van der Waals surface area contributed by atoms with Crippen LogP contribution in [0.5, 0.6) is 0 Å². The van der Waals surface area contributed by atoms with Crippen LogP contribution in [0.15, 0.2) is 0 Å². The van der Waals surface area contributed by atoms with Crippen LogP contribution in [0.4, 0.5) is 0 Å². The molecular weight excluding hydrogens is 441 g/mol. The topological polar surface area (TPSA) is 0 Å². The molecular formula is C6H13S4SbSn. The molecule has 2 fully saturated rings. The van der Waals surface area contributed by atoms with Gasteiger partial charge in [0.1, 0.15) is 0 Å². The minimum atomic E-state index is 1.05. The van der Waals surface area contributed by atoms with Crippen molar-refractivity contribution in [2.75, 3.05) is 23.0 Å². The summed E-state index contributed by atoms with van der Waals surface area (Å²) >= 11 is 6.92. The summed E-state index contributed by atoms with van der Waals surface area (Å²) in [5, 5.41) is 2.11. The number of thioether (sulfide) groups is 2. The monoisotopic (exact) mass is 454 g/mol. The zero-order chi connectivity index (χ0) is 8.81. The van der Waals surface area contributed by atoms with Crippen LogP contribution in [-0.2, 0) is 0 Å². The average molecular weight is 454 g/mol. The molecule has 0 amide bonds. The molecule has 0 spiro atoms. The summed E-state index contributed by atoms with van der Waals surface area (Å²) in [4.78, 5) is 0. The second-order valence-electron chi connectivity index (χ2n) is 2.59. The van der Waals surface area contributed by atoms with E-state index in [4.69, 9.17) is 0 Å². The van der Waals surface area contributed by atoms with E-state index in [2.05, 4.69) is 41.3 Å². The van der Waals surface area contributed by atoms with Gasteiger partial charge in [-0.2, -0.15) is 0 Å². The van der Waals surface area contributed by atoms with Gasteiger partial charge in [-0.15, -0.1) is 0 Å². The van der Waals surface area contributed by atoms with Crippen LogP contribution in [0, 0.1) is 0 Å². The minimum absolute atomic E-state index is 1.05. The fourth-order valence-electron chi connectivity index (χ4n) is 0.585. The molecule has 70 valence electrons. The summed E-state index contributed by atoms with van der Waals surface area (Å²) in [7, 11) is 4.24. The Morgan fingerprint density at radius 1 is 1.08 bits per heavy atom. The van der Waals surface area contributed by atoms with Gasteiger partial charge in [0.05, 0.1) is 0 Å². The van der Waals surface area contributed by atoms with Crippen molar-refractivity contribution in [2.45, 2.75) is 10.5 Å². The summed E-state index contributed by atoms with van der Waals surface area (Å²) in [6.45, 7) is 0. The van der Waals surface area contributed by atoms with Crippen LogP contribution in [0.2, 0.25) is 0 Å². The molecule has 0 aliphatic carbocycles. The van der Waals surface area contributed by atoms with Gasteiger partial charge in [-0.25, -0.2) is 0 Å². The Balaban J connectivity index is 0.000000120. The molecule has 0 aromatic carbocycles. The summed E-state index contributed by atoms with van der Waals surface area (Å²) in [5.74, 6) is 5.69. The molecule has 0 atom stereocenters. The van der Waals surface area contributed by atoms with Crippen molar-refractivity contribution in [1.29, 1.82) is 0 Å². The van der Waals surface area contributed by atoms with Gasteiger partial charge < -0.3 is 0 Å². The standard InChI is InChI=1S/2C3H6S2.Sb.Sn.3H/c2*4-3-1-5-2-3;;;;;/h2*3-4H,1-2H2;;;;;/q;;2*+1;;;/p-2. The van der Waals surface area contributed by atoms with Crippen molar-refractivity contribution in [1.82, 2.24) is 0 Å². The van der Waals surface area contributed by atoms with Crippen molar-refractivity contribution < 1.29 is 0 Å². The van der Waals surface area contributed by atoms with Gasteiger partial charge >= 0.3 is 118 Å². The molecule has 0 unspecified atom stereocenters. The maximum atomic E-state index is 2.12. The molecule has 6 heteroatoms. The van der Waals surface area contributed by atoms with E-state index in [0.717, 1.165) is 10.5 Å². The van der Waals surface area contributed by atoms with E-state index in [9.17, 15) is 0 Å². The molecule has 2 aliphatic rings. The fraction of sp³-hybridized carbons (Fsp3) is 1.00. The van der Waals surface area contributed by atoms with Crippen molar-refractivity contribution in [3.63, 3.8) is 0 Å². The second kappa shape index (κ2) is 8.20. The van der Waals surface area contributed by atoms with E-state index < -0.39 is 0 Å². The predicted molar refractivity (Wildman–Crippen MR) is 73.1 cm³/mol. The Morgan fingerprint density at radius 2 is 1.58 bits per heavy atom. The van der Waals surface area contributed by atoms with E-state index >= 15 is 0 Å². The summed E-state index contributed by atoms with van der Waals surface area (Å²) in [6.07, 6.45) is 0. The van der Waals surface area contributed by atoms with E-state index in [1.54, 1.807) is 0 Å². The summed E-state index contributed by atoms with van der Waals surface area (Å²) in [6, 6.07) is 0. The van der Waals surface area contributed by atoms with Crippen LogP contribution in [0.1, 0.15) is 0 Å². The van der Waals surface area contributed by atoms with Gasteiger partial charge in [-0.05, 0) is 0 Å². The number of hydrogen-bond donors (Lipinski definition) is 0. The van der Waals surface area contributed by atoms with Crippen LogP contribution in [0.3, 0.4) is 0 Å². The third kappa shape index (κ3) is 5.20. The van der Waals surface area contributed by atoms with Crippen LogP contribution in [0.25, 0.3) is 0 Å². The molecule has 2 radical (unpaired) electrons. The molecule has 0 aromatic rings. The molecule has 0 saturated carbocycles. The fourth-order valence-corrected chi connectivity index (χ4v) is 11.9. The Morgan fingerprint density at radius 3 is 1.58 bits per heavy atom. The quantitative estimate of drug-likeness (QED) is 0.573. The first-order chi connectivity index (χ1) is 5.86. The van der Waals surface area contributed by atoms with Crippen molar-refractivity contribution in [2.24, 2.45) is 0 Å². The Labute approximate surface area is 116 Å². The average Bonchev–Trinajstić information content (AvgIpc) is 1.83. The predicted octanol–water partition coefficient (Wildman–Crippen LogP) is 1.03. The Bertz CT molecular complexity index is 98.6. The van der Waals surface area contributed by atoms with Gasteiger partial charge in [-0.1, -0.05) is 0 Å².